The molecule has 0 radical (unpaired) electrons. The summed E-state index contributed by atoms with van der Waals surface area (Å²) in [6.07, 6.45) is 0. The molecule has 0 aromatic rings. The Bertz CT molecular complexity index is 29.0. The van der Waals surface area contributed by atoms with Gasteiger partial charge in [-0.2, -0.15) is 0 Å². The molecule has 0 fully saturated rings. The van der Waals surface area contributed by atoms with Crippen LogP contribution in [0.4, 0.5) is 0 Å². The predicted octanol–water partition coefficient (Wildman–Crippen LogP) is -0.473. The number of hydrogen-bond donors (Lipinski definition) is 1. The van der Waals surface area contributed by atoms with Gasteiger partial charge in [-0.15, -0.1) is 6.82 Å². The van der Waals surface area contributed by atoms with Crippen LogP contribution in [-0.4, -0.2) is 11.8 Å². The van der Waals surface area contributed by atoms with Gasteiger partial charge in [0, 0.05) is 0 Å². The van der Waals surface area contributed by atoms with E-state index in [1.165, 1.54) is 6.82 Å². The van der Waals surface area contributed by atoms with Gasteiger partial charge in [-0.3, -0.25) is 0 Å². The molecule has 0 aliphatic carbocycles. The fourth-order valence-corrected chi connectivity index (χ4v) is 0. The maximum atomic E-state index is 9.08. The van der Waals surface area contributed by atoms with E-state index in [2.05, 4.69) is 0 Å². The average molecular weight is 58.9 g/mol. The zero-order valence-electron chi connectivity index (χ0n) is 2.43. The number of rotatable bonds is 0. The Morgan fingerprint density at radius 3 is 2.00 bits per heavy atom. The molecular weight excluding hydrogens is 54.8 g/mol. The van der Waals surface area contributed by atoms with Crippen molar-refractivity contribution in [1.29, 1.82) is 0 Å². The Labute approximate surface area is 24.6 Å². The third-order valence-electron chi connectivity index (χ3n) is 0. The highest BCUT2D eigenvalue weighted by molar-refractivity contribution is 6.30. The molecule has 0 amide bonds. The summed E-state index contributed by atoms with van der Waals surface area (Å²) in [5, 5.41) is 7.50. The van der Waals surface area contributed by atoms with Crippen molar-refractivity contribution in [3.05, 3.63) is 0 Å². The molecule has 0 rings (SSSR count). The van der Waals surface area contributed by atoms with Gasteiger partial charge in [0.15, 0.2) is 0 Å². The molecule has 0 saturated heterocycles. The molecule has 0 aromatic carbocycles. The van der Waals surface area contributed by atoms with Crippen LogP contribution in [0.3, 0.4) is 0 Å². The van der Waals surface area contributed by atoms with Gasteiger partial charge in [-0.25, -0.2) is 0 Å². The van der Waals surface area contributed by atoms with Gasteiger partial charge in [0.1, 0.15) is 0 Å². The quantitative estimate of drug-likeness (QED) is 0.383. The van der Waals surface area contributed by atoms with Crippen molar-refractivity contribution in [2.75, 3.05) is 0 Å². The van der Waals surface area contributed by atoms with E-state index >= 15 is 0 Å². The molecular formula is CH4BO2-. The lowest BCUT2D eigenvalue weighted by Crippen LogP contribution is -1.82. The van der Waals surface area contributed by atoms with E-state index in [0.29, 0.717) is 0 Å². The molecule has 0 spiro atoms. The summed E-state index contributed by atoms with van der Waals surface area (Å²) < 4.78 is 9.08. The summed E-state index contributed by atoms with van der Waals surface area (Å²) in [5.41, 5.74) is 0. The molecule has 4 heavy (non-hydrogen) atoms. The van der Waals surface area contributed by atoms with Gasteiger partial charge in [-0.05, 0) is 0 Å². The van der Waals surface area contributed by atoms with Crippen LogP contribution >= 0.6 is 0 Å². The first kappa shape index (κ1) is 3.66. The molecule has 0 aromatic heterocycles. The highest BCUT2D eigenvalue weighted by atomic mass is 16.3. The second kappa shape index (κ2) is 1.04. The van der Waals surface area contributed by atoms with Crippen molar-refractivity contribution in [3.63, 3.8) is 0 Å². The van der Waals surface area contributed by atoms with Gasteiger partial charge in [0.25, 0.3) is 6.79 Å². The summed E-state index contributed by atoms with van der Waals surface area (Å²) in [5.74, 6) is 0. The Morgan fingerprint density at radius 2 is 2.00 bits per heavy atom. The molecule has 0 aliphatic rings. The lowest BCUT2D eigenvalue weighted by Gasteiger charge is -1.75. The minimum Gasteiger partial charge on any atom is -0.737 e. The van der Waals surface area contributed by atoms with Crippen molar-refractivity contribution >= 4 is 6.79 Å². The molecule has 24 valence electrons. The fraction of sp³-hybridized carbons (Fsp3) is 1.00. The van der Waals surface area contributed by atoms with Crippen LogP contribution in [0.25, 0.3) is 0 Å². The monoisotopic (exact) mass is 59.0 g/mol. The zero-order chi connectivity index (χ0) is 3.58. The molecule has 3 heteroatoms. The first-order chi connectivity index (χ1) is 1.73. The van der Waals surface area contributed by atoms with E-state index in [-0.39, 0.29) is 0 Å². The second-order valence-corrected chi connectivity index (χ2v) is 0.599. The van der Waals surface area contributed by atoms with Gasteiger partial charge in [0.05, 0.1) is 0 Å². The second-order valence-electron chi connectivity index (χ2n) is 0.599. The Morgan fingerprint density at radius 1 is 2.00 bits per heavy atom. The molecule has 0 heterocycles. The summed E-state index contributed by atoms with van der Waals surface area (Å²) in [6.45, 7) is -0.250. The zero-order valence-corrected chi connectivity index (χ0v) is 2.43. The maximum absolute atomic E-state index is 9.08. The van der Waals surface area contributed by atoms with E-state index in [0.717, 1.165) is 0 Å². The van der Waals surface area contributed by atoms with Crippen molar-refractivity contribution in [3.8, 4) is 0 Å². The van der Waals surface area contributed by atoms with Crippen LogP contribution in [0.5, 0.6) is 0 Å². The van der Waals surface area contributed by atoms with E-state index in [9.17, 15) is 0 Å². The molecule has 0 bridgehead atoms. The minimum absolute atomic E-state index is 1.17. The molecule has 0 saturated carbocycles. The lowest BCUT2D eigenvalue weighted by molar-refractivity contribution is 0.455. The van der Waals surface area contributed by atoms with Gasteiger partial charge < -0.3 is 9.73 Å². The Hall–Kier alpha value is -0.335. The topological polar surface area (TPSA) is 37.3 Å². The lowest BCUT2D eigenvalue weighted by atomic mass is 10.1. The number of hydrogen-bond acceptors (Lipinski definition) is 1. The third kappa shape index (κ3) is 6.56. The van der Waals surface area contributed by atoms with Crippen LogP contribution in [0, 0.1) is 0 Å². The first-order valence-corrected chi connectivity index (χ1v) is 1.07. The third-order valence-corrected chi connectivity index (χ3v) is 0. The summed E-state index contributed by atoms with van der Waals surface area (Å²) >= 11 is 0. The van der Waals surface area contributed by atoms with Crippen LogP contribution in [0.1, 0.15) is 0 Å². The smallest absolute Gasteiger partial charge is 0.271 e. The SMILES string of the molecule is C[B-](=O)O. The average Bonchev–Trinajstić information content (AvgIpc) is 0.811. The van der Waals surface area contributed by atoms with Gasteiger partial charge in [-0.1, -0.05) is 0 Å². The van der Waals surface area contributed by atoms with Gasteiger partial charge >= 0.3 is 0 Å². The van der Waals surface area contributed by atoms with Gasteiger partial charge in [0.2, 0.25) is 0 Å². The Kier molecular flexibility index (Phi) is 0.953. The van der Waals surface area contributed by atoms with Crippen LogP contribution in [-0.2, 0) is 4.70 Å². The fourth-order valence-electron chi connectivity index (χ4n) is 0. The van der Waals surface area contributed by atoms with Crippen LogP contribution in [0.2, 0.25) is 6.82 Å². The van der Waals surface area contributed by atoms with Crippen LogP contribution in [0.15, 0.2) is 0 Å². The van der Waals surface area contributed by atoms with E-state index in [4.69, 9.17) is 9.73 Å². The normalized spacial score (nSPS) is 6.25. The summed E-state index contributed by atoms with van der Waals surface area (Å²) in [4.78, 5) is 0. The molecule has 1 N–H and O–H groups in total. The molecule has 0 atom stereocenters. The molecule has 0 aliphatic heterocycles. The predicted molar refractivity (Wildman–Crippen MR) is 14.5 cm³/mol. The van der Waals surface area contributed by atoms with Crippen molar-refractivity contribution in [1.82, 2.24) is 0 Å². The van der Waals surface area contributed by atoms with E-state index in [1.54, 1.807) is 0 Å². The highest BCUT2D eigenvalue weighted by Crippen LogP contribution is 1.39. The summed E-state index contributed by atoms with van der Waals surface area (Å²) in [6, 6.07) is 0. The highest BCUT2D eigenvalue weighted by Gasteiger charge is 1.54. The van der Waals surface area contributed by atoms with E-state index < -0.39 is 6.79 Å². The Balaban J connectivity index is 2.80. The standard InChI is InChI=1S/CH4BO2/c1-2(3)4/h3H,1H3/q-1. The first-order valence-electron chi connectivity index (χ1n) is 1.07. The minimum atomic E-state index is -1.42. The van der Waals surface area contributed by atoms with Crippen LogP contribution < -0.4 is 0 Å². The molecule has 0 unspecified atom stereocenters. The van der Waals surface area contributed by atoms with Crippen molar-refractivity contribution in [2.45, 2.75) is 6.82 Å². The van der Waals surface area contributed by atoms with E-state index in [1.807, 2.05) is 0 Å². The van der Waals surface area contributed by atoms with Crippen molar-refractivity contribution in [2.24, 2.45) is 0 Å². The maximum Gasteiger partial charge on any atom is 0.271 e. The molecule has 2 nitrogen and oxygen atoms in total. The largest absolute Gasteiger partial charge is 0.737 e. The summed E-state index contributed by atoms with van der Waals surface area (Å²) in [7, 11) is 0. The van der Waals surface area contributed by atoms with Crippen molar-refractivity contribution < 1.29 is 9.73 Å².